The number of carboxylic acids is 1. The van der Waals surface area contributed by atoms with E-state index in [-0.39, 0.29) is 5.56 Å². The van der Waals surface area contributed by atoms with E-state index in [4.69, 9.17) is 16.7 Å². The molecule has 0 bridgehead atoms. The van der Waals surface area contributed by atoms with Crippen LogP contribution in [0.3, 0.4) is 0 Å². The number of thiophene rings is 1. The molecule has 0 atom stereocenters. The first-order valence-electron chi connectivity index (χ1n) is 4.37. The average molecular weight is 257 g/mol. The molecule has 16 heavy (non-hydrogen) atoms. The van der Waals surface area contributed by atoms with E-state index in [1.165, 1.54) is 17.4 Å². The van der Waals surface area contributed by atoms with Gasteiger partial charge in [0.1, 0.15) is 11.4 Å². The molecule has 2 aromatic rings. The number of rotatable bonds is 2. The summed E-state index contributed by atoms with van der Waals surface area (Å²) < 4.78 is 13.9. The van der Waals surface area contributed by atoms with Crippen LogP contribution < -0.4 is 0 Å². The maximum atomic E-state index is 13.4. The zero-order valence-electron chi connectivity index (χ0n) is 7.91. The first-order valence-corrected chi connectivity index (χ1v) is 5.56. The van der Waals surface area contributed by atoms with Gasteiger partial charge in [-0.2, -0.15) is 0 Å². The number of hydrogen-bond donors (Lipinski definition) is 1. The molecule has 0 saturated carbocycles. The van der Waals surface area contributed by atoms with E-state index >= 15 is 0 Å². The molecule has 0 aliphatic rings. The highest BCUT2D eigenvalue weighted by Crippen LogP contribution is 2.33. The molecule has 1 aromatic carbocycles. The van der Waals surface area contributed by atoms with Crippen molar-refractivity contribution in [2.45, 2.75) is 0 Å². The molecule has 0 saturated heterocycles. The van der Waals surface area contributed by atoms with Gasteiger partial charge in [0.2, 0.25) is 0 Å². The molecule has 0 fully saturated rings. The van der Waals surface area contributed by atoms with Crippen molar-refractivity contribution >= 4 is 28.9 Å². The minimum absolute atomic E-state index is 0.319. The fourth-order valence-electron chi connectivity index (χ4n) is 1.41. The van der Waals surface area contributed by atoms with Crippen molar-refractivity contribution < 1.29 is 14.3 Å². The van der Waals surface area contributed by atoms with Gasteiger partial charge in [-0.15, -0.1) is 11.3 Å². The molecular formula is C11H6ClFO2S. The smallest absolute Gasteiger partial charge is 0.339 e. The summed E-state index contributed by atoms with van der Waals surface area (Å²) in [6.07, 6.45) is 0. The van der Waals surface area contributed by atoms with Crippen molar-refractivity contribution in [3.8, 4) is 10.4 Å². The highest BCUT2D eigenvalue weighted by Gasteiger charge is 2.17. The van der Waals surface area contributed by atoms with Crippen molar-refractivity contribution in [1.82, 2.24) is 0 Å². The van der Waals surface area contributed by atoms with E-state index in [9.17, 15) is 9.18 Å². The fraction of sp³-hybridized carbons (Fsp3) is 0. The first kappa shape index (κ1) is 11.1. The maximum Gasteiger partial charge on any atom is 0.339 e. The highest BCUT2D eigenvalue weighted by molar-refractivity contribution is 7.19. The Kier molecular flexibility index (Phi) is 2.94. The topological polar surface area (TPSA) is 37.3 Å². The van der Waals surface area contributed by atoms with E-state index in [2.05, 4.69) is 0 Å². The van der Waals surface area contributed by atoms with Crippen LogP contribution in [0, 0.1) is 5.82 Å². The zero-order valence-corrected chi connectivity index (χ0v) is 9.48. The molecule has 0 spiro atoms. The lowest BCUT2D eigenvalue weighted by Gasteiger charge is -2.04. The summed E-state index contributed by atoms with van der Waals surface area (Å²) in [4.78, 5) is 11.6. The molecule has 0 amide bonds. The summed E-state index contributed by atoms with van der Waals surface area (Å²) in [7, 11) is 0. The predicted octanol–water partition coefficient (Wildman–Crippen LogP) is 3.91. The molecule has 0 aliphatic heterocycles. The van der Waals surface area contributed by atoms with Crippen molar-refractivity contribution in [3.63, 3.8) is 0 Å². The van der Waals surface area contributed by atoms with Crippen LogP contribution in [0.25, 0.3) is 10.4 Å². The standard InChI is InChI=1S/C11H6ClFO2S/c12-9-5-4-8(16-9)6-2-1-3-7(13)10(6)11(14)15/h1-5H,(H,14,15). The van der Waals surface area contributed by atoms with Gasteiger partial charge in [-0.25, -0.2) is 9.18 Å². The number of carbonyl (C=O) groups is 1. The Labute approximate surface area is 99.9 Å². The molecule has 0 unspecified atom stereocenters. The Balaban J connectivity index is 2.65. The van der Waals surface area contributed by atoms with Crippen molar-refractivity contribution in [1.29, 1.82) is 0 Å². The Morgan fingerprint density at radius 1 is 1.31 bits per heavy atom. The average Bonchev–Trinajstić information content (AvgIpc) is 2.63. The number of aromatic carboxylic acids is 1. The highest BCUT2D eigenvalue weighted by atomic mass is 35.5. The number of carboxylic acid groups (broad SMARTS) is 1. The van der Waals surface area contributed by atoms with Crippen LogP contribution in [-0.4, -0.2) is 11.1 Å². The van der Waals surface area contributed by atoms with Gasteiger partial charge in [-0.3, -0.25) is 0 Å². The monoisotopic (exact) mass is 256 g/mol. The fourth-order valence-corrected chi connectivity index (χ4v) is 2.48. The molecule has 2 nitrogen and oxygen atoms in total. The normalized spacial score (nSPS) is 10.4. The summed E-state index contributed by atoms with van der Waals surface area (Å²) in [5, 5.41) is 8.95. The van der Waals surface area contributed by atoms with E-state index in [1.807, 2.05) is 0 Å². The third-order valence-electron chi connectivity index (χ3n) is 2.07. The maximum absolute atomic E-state index is 13.4. The minimum atomic E-state index is -1.28. The lowest BCUT2D eigenvalue weighted by Crippen LogP contribution is -2.02. The summed E-state index contributed by atoms with van der Waals surface area (Å²) in [6.45, 7) is 0. The number of benzene rings is 1. The second-order valence-corrected chi connectivity index (χ2v) is 4.79. The van der Waals surface area contributed by atoms with Gasteiger partial charge in [0.25, 0.3) is 0 Å². The van der Waals surface area contributed by atoms with Crippen LogP contribution in [-0.2, 0) is 0 Å². The van der Waals surface area contributed by atoms with Crippen molar-refractivity contribution in [2.24, 2.45) is 0 Å². The van der Waals surface area contributed by atoms with Gasteiger partial charge in [-0.1, -0.05) is 23.7 Å². The second kappa shape index (κ2) is 4.23. The van der Waals surface area contributed by atoms with Crippen LogP contribution in [0.5, 0.6) is 0 Å². The Bertz CT molecular complexity index is 551. The molecule has 82 valence electrons. The second-order valence-electron chi connectivity index (χ2n) is 3.07. The number of halogens is 2. The summed E-state index contributed by atoms with van der Waals surface area (Å²) >= 11 is 6.98. The third-order valence-corrected chi connectivity index (χ3v) is 3.33. The van der Waals surface area contributed by atoms with Crippen LogP contribution >= 0.6 is 22.9 Å². The lowest BCUT2D eigenvalue weighted by molar-refractivity contribution is 0.0693. The predicted molar refractivity (Wildman–Crippen MR) is 61.7 cm³/mol. The Morgan fingerprint density at radius 3 is 2.62 bits per heavy atom. The largest absolute Gasteiger partial charge is 0.478 e. The summed E-state index contributed by atoms with van der Waals surface area (Å²) in [5.41, 5.74) is 0.0328. The molecule has 1 N–H and O–H groups in total. The molecule has 2 rings (SSSR count). The SMILES string of the molecule is O=C(O)c1c(F)cccc1-c1ccc(Cl)s1. The van der Waals surface area contributed by atoms with Crippen molar-refractivity contribution in [3.05, 3.63) is 46.0 Å². The molecule has 1 aromatic heterocycles. The van der Waals surface area contributed by atoms with Crippen LogP contribution in [0.1, 0.15) is 10.4 Å². The first-order chi connectivity index (χ1) is 7.59. The van der Waals surface area contributed by atoms with Crippen LogP contribution in [0.4, 0.5) is 4.39 Å². The number of hydrogen-bond acceptors (Lipinski definition) is 2. The lowest BCUT2D eigenvalue weighted by atomic mass is 10.1. The third kappa shape index (κ3) is 1.94. The van der Waals surface area contributed by atoms with Gasteiger partial charge in [0.05, 0.1) is 4.34 Å². The van der Waals surface area contributed by atoms with Crippen molar-refractivity contribution in [2.75, 3.05) is 0 Å². The zero-order chi connectivity index (χ0) is 11.7. The molecule has 0 radical (unpaired) electrons. The van der Waals surface area contributed by atoms with E-state index in [1.54, 1.807) is 18.2 Å². The van der Waals surface area contributed by atoms with Gasteiger partial charge in [-0.05, 0) is 18.2 Å². The Morgan fingerprint density at radius 2 is 2.06 bits per heavy atom. The molecule has 1 heterocycles. The quantitative estimate of drug-likeness (QED) is 0.885. The summed E-state index contributed by atoms with van der Waals surface area (Å²) in [5.74, 6) is -2.02. The van der Waals surface area contributed by atoms with Gasteiger partial charge < -0.3 is 5.11 Å². The molecule has 0 aliphatic carbocycles. The summed E-state index contributed by atoms with van der Waals surface area (Å²) in [6, 6.07) is 7.49. The van der Waals surface area contributed by atoms with Gasteiger partial charge >= 0.3 is 5.97 Å². The molecular weight excluding hydrogens is 251 g/mol. The van der Waals surface area contributed by atoms with E-state index in [0.717, 1.165) is 6.07 Å². The van der Waals surface area contributed by atoms with Gasteiger partial charge in [0, 0.05) is 10.4 Å². The molecule has 5 heteroatoms. The van der Waals surface area contributed by atoms with E-state index in [0.29, 0.717) is 14.8 Å². The Hall–Kier alpha value is -1.39. The van der Waals surface area contributed by atoms with E-state index < -0.39 is 11.8 Å². The minimum Gasteiger partial charge on any atom is -0.478 e. The van der Waals surface area contributed by atoms with Gasteiger partial charge in [0.15, 0.2) is 0 Å². The van der Waals surface area contributed by atoms with Crippen LogP contribution in [0.2, 0.25) is 4.34 Å². The van der Waals surface area contributed by atoms with Crippen LogP contribution in [0.15, 0.2) is 30.3 Å².